The number of carbonyl (C=O) groups is 1. The number of Topliss-reactive ketones (excluding diaryl/α,β-unsaturated/α-hetero) is 1. The van der Waals surface area contributed by atoms with Gasteiger partial charge in [-0.2, -0.15) is 0 Å². The number of benzene rings is 2. The van der Waals surface area contributed by atoms with Crippen LogP contribution < -0.4 is 0 Å². The highest BCUT2D eigenvalue weighted by Crippen LogP contribution is 2.41. The van der Waals surface area contributed by atoms with E-state index in [1.165, 1.54) is 16.7 Å². The monoisotopic (exact) mass is 389 g/mol. The Morgan fingerprint density at radius 2 is 1.52 bits per heavy atom. The van der Waals surface area contributed by atoms with Crippen LogP contribution in [0.5, 0.6) is 0 Å². The van der Waals surface area contributed by atoms with Crippen molar-refractivity contribution in [2.45, 2.75) is 31.3 Å². The summed E-state index contributed by atoms with van der Waals surface area (Å²) < 4.78 is 2.39. The number of halogens is 1. The summed E-state index contributed by atoms with van der Waals surface area (Å²) in [6, 6.07) is 17.5. The van der Waals surface area contributed by atoms with Crippen molar-refractivity contribution in [2.24, 2.45) is 0 Å². The van der Waals surface area contributed by atoms with Gasteiger partial charge in [0.05, 0.1) is 6.04 Å². The fraction of sp³-hybridized carbons (Fsp3) is 0.278. The number of ketones is 1. The molecule has 1 atom stereocenters. The standard InChI is InChI=1S/C18H16INO/c19-20(14-9-12-5-1-2-6-13(12)10-14)17-11-18(21)16-8-4-3-7-15(16)17/h1-8,14,17H,9-11H2. The molecule has 0 heterocycles. The average molecular weight is 389 g/mol. The third-order valence-corrected chi connectivity index (χ3v) is 6.14. The van der Waals surface area contributed by atoms with Crippen LogP contribution in [0.15, 0.2) is 48.5 Å². The maximum absolute atomic E-state index is 12.2. The van der Waals surface area contributed by atoms with Crippen LogP contribution in [0.2, 0.25) is 0 Å². The highest BCUT2D eigenvalue weighted by molar-refractivity contribution is 14.1. The fourth-order valence-corrected chi connectivity index (χ4v) is 4.51. The molecule has 106 valence electrons. The molecule has 2 aromatic carbocycles. The Hall–Kier alpha value is -1.20. The van der Waals surface area contributed by atoms with Gasteiger partial charge in [0.1, 0.15) is 0 Å². The van der Waals surface area contributed by atoms with E-state index in [2.05, 4.69) is 56.3 Å². The van der Waals surface area contributed by atoms with E-state index in [1.54, 1.807) is 0 Å². The van der Waals surface area contributed by atoms with Gasteiger partial charge in [-0.25, -0.2) is 3.11 Å². The first kappa shape index (κ1) is 13.5. The summed E-state index contributed by atoms with van der Waals surface area (Å²) in [5, 5.41) is 0. The van der Waals surface area contributed by atoms with Crippen LogP contribution in [0.3, 0.4) is 0 Å². The predicted molar refractivity (Wildman–Crippen MR) is 91.6 cm³/mol. The number of nitrogens with zero attached hydrogens (tertiary/aromatic N) is 1. The molecule has 3 heteroatoms. The van der Waals surface area contributed by atoms with Crippen molar-refractivity contribution in [3.63, 3.8) is 0 Å². The number of fused-ring (bicyclic) bond motifs is 2. The van der Waals surface area contributed by atoms with E-state index in [4.69, 9.17) is 0 Å². The number of hydrogen-bond acceptors (Lipinski definition) is 2. The molecule has 0 saturated heterocycles. The van der Waals surface area contributed by atoms with Crippen LogP contribution in [0.4, 0.5) is 0 Å². The van der Waals surface area contributed by atoms with E-state index in [9.17, 15) is 4.79 Å². The summed E-state index contributed by atoms with van der Waals surface area (Å²) in [7, 11) is 0. The summed E-state index contributed by atoms with van der Waals surface area (Å²) in [6.45, 7) is 0. The molecule has 2 aromatic rings. The van der Waals surface area contributed by atoms with E-state index < -0.39 is 0 Å². The van der Waals surface area contributed by atoms with Gasteiger partial charge in [0, 0.05) is 40.9 Å². The quantitative estimate of drug-likeness (QED) is 0.569. The molecule has 2 aliphatic rings. The third kappa shape index (κ3) is 2.23. The van der Waals surface area contributed by atoms with Crippen LogP contribution in [0.25, 0.3) is 0 Å². The van der Waals surface area contributed by atoms with Crippen LogP contribution in [0, 0.1) is 0 Å². The first-order valence-electron chi connectivity index (χ1n) is 7.37. The molecule has 2 aliphatic carbocycles. The molecule has 0 spiro atoms. The lowest BCUT2D eigenvalue weighted by atomic mass is 10.1. The number of rotatable bonds is 2. The minimum absolute atomic E-state index is 0.230. The average Bonchev–Trinajstić information content (AvgIpc) is 3.09. The third-order valence-electron chi connectivity index (χ3n) is 4.67. The molecular weight excluding hydrogens is 373 g/mol. The van der Waals surface area contributed by atoms with Gasteiger partial charge in [0.15, 0.2) is 5.78 Å². The summed E-state index contributed by atoms with van der Waals surface area (Å²) in [5.74, 6) is 0.285. The highest BCUT2D eigenvalue weighted by atomic mass is 127. The summed E-state index contributed by atoms with van der Waals surface area (Å²) >= 11 is 2.43. The summed E-state index contributed by atoms with van der Waals surface area (Å²) in [5.41, 5.74) is 5.04. The van der Waals surface area contributed by atoms with E-state index in [0.717, 1.165) is 18.4 Å². The lowest BCUT2D eigenvalue weighted by molar-refractivity contribution is 0.0975. The van der Waals surface area contributed by atoms with E-state index in [0.29, 0.717) is 12.5 Å². The Morgan fingerprint density at radius 3 is 2.24 bits per heavy atom. The van der Waals surface area contributed by atoms with Crippen LogP contribution in [-0.2, 0) is 12.8 Å². The number of hydrogen-bond donors (Lipinski definition) is 0. The smallest absolute Gasteiger partial charge is 0.165 e. The van der Waals surface area contributed by atoms with Crippen molar-refractivity contribution in [1.29, 1.82) is 0 Å². The predicted octanol–water partition coefficient (Wildman–Crippen LogP) is 4.13. The Morgan fingerprint density at radius 1 is 0.905 bits per heavy atom. The summed E-state index contributed by atoms with van der Waals surface area (Å²) in [4.78, 5) is 12.2. The molecule has 0 aliphatic heterocycles. The molecular formula is C18H16INO. The SMILES string of the molecule is O=C1CC(N(I)C2Cc3ccccc3C2)c2ccccc21. The van der Waals surface area contributed by atoms with E-state index >= 15 is 0 Å². The molecule has 0 saturated carbocycles. The highest BCUT2D eigenvalue weighted by Gasteiger charge is 2.37. The van der Waals surface area contributed by atoms with Crippen molar-refractivity contribution in [2.75, 3.05) is 0 Å². The van der Waals surface area contributed by atoms with Gasteiger partial charge in [-0.15, -0.1) is 0 Å². The van der Waals surface area contributed by atoms with E-state index in [-0.39, 0.29) is 11.8 Å². The summed E-state index contributed by atoms with van der Waals surface area (Å²) in [6.07, 6.45) is 2.80. The maximum Gasteiger partial charge on any atom is 0.165 e. The van der Waals surface area contributed by atoms with Crippen LogP contribution in [-0.4, -0.2) is 14.9 Å². The maximum atomic E-state index is 12.2. The second kappa shape index (κ2) is 5.21. The van der Waals surface area contributed by atoms with Crippen molar-refractivity contribution in [3.8, 4) is 0 Å². The van der Waals surface area contributed by atoms with E-state index in [1.807, 2.05) is 18.2 Å². The molecule has 0 amide bonds. The largest absolute Gasteiger partial charge is 0.294 e. The minimum Gasteiger partial charge on any atom is -0.294 e. The van der Waals surface area contributed by atoms with Gasteiger partial charge in [-0.1, -0.05) is 48.5 Å². The van der Waals surface area contributed by atoms with Crippen molar-refractivity contribution in [3.05, 3.63) is 70.8 Å². The Kier molecular flexibility index (Phi) is 3.34. The van der Waals surface area contributed by atoms with Gasteiger partial charge < -0.3 is 0 Å². The number of carbonyl (C=O) groups excluding carboxylic acids is 1. The Bertz CT molecular complexity index is 687. The molecule has 0 fully saturated rings. The Labute approximate surface area is 138 Å². The van der Waals surface area contributed by atoms with Crippen LogP contribution in [0.1, 0.15) is 39.5 Å². The normalized spacial score (nSPS) is 20.9. The lowest BCUT2D eigenvalue weighted by Gasteiger charge is -2.28. The Balaban J connectivity index is 1.60. The zero-order valence-electron chi connectivity index (χ0n) is 11.6. The topological polar surface area (TPSA) is 20.3 Å². The molecule has 1 unspecified atom stereocenters. The molecule has 4 rings (SSSR count). The van der Waals surface area contributed by atoms with Crippen molar-refractivity contribution in [1.82, 2.24) is 3.11 Å². The molecule has 21 heavy (non-hydrogen) atoms. The zero-order chi connectivity index (χ0) is 14.4. The van der Waals surface area contributed by atoms with Gasteiger partial charge in [0.25, 0.3) is 0 Å². The second-order valence-corrected chi connectivity index (χ2v) is 7.02. The first-order valence-corrected chi connectivity index (χ1v) is 8.33. The fourth-order valence-electron chi connectivity index (χ4n) is 3.62. The zero-order valence-corrected chi connectivity index (χ0v) is 13.8. The van der Waals surface area contributed by atoms with Gasteiger partial charge in [-0.05, 0) is 29.5 Å². The molecule has 0 aromatic heterocycles. The molecule has 0 N–H and O–H groups in total. The van der Waals surface area contributed by atoms with Crippen LogP contribution >= 0.6 is 22.9 Å². The molecule has 0 radical (unpaired) electrons. The van der Waals surface area contributed by atoms with Crippen molar-refractivity contribution >= 4 is 28.6 Å². The lowest BCUT2D eigenvalue weighted by Crippen LogP contribution is -2.30. The van der Waals surface area contributed by atoms with Crippen molar-refractivity contribution < 1.29 is 4.79 Å². The first-order chi connectivity index (χ1) is 10.2. The second-order valence-electron chi connectivity index (χ2n) is 5.91. The molecule has 0 bridgehead atoms. The van der Waals surface area contributed by atoms with Gasteiger partial charge >= 0.3 is 0 Å². The van der Waals surface area contributed by atoms with Gasteiger partial charge in [0.2, 0.25) is 0 Å². The molecule has 2 nitrogen and oxygen atoms in total. The van der Waals surface area contributed by atoms with Gasteiger partial charge in [-0.3, -0.25) is 4.79 Å². The minimum atomic E-state index is 0.230.